The van der Waals surface area contributed by atoms with E-state index in [1.54, 1.807) is 18.3 Å². The van der Waals surface area contributed by atoms with Crippen LogP contribution < -0.4 is 20.1 Å². The van der Waals surface area contributed by atoms with Crippen LogP contribution in [-0.2, 0) is 0 Å². The van der Waals surface area contributed by atoms with Crippen molar-refractivity contribution in [2.24, 2.45) is 0 Å². The zero-order chi connectivity index (χ0) is 23.7. The van der Waals surface area contributed by atoms with Gasteiger partial charge in [-0.05, 0) is 44.4 Å². The Morgan fingerprint density at radius 1 is 0.971 bits per heavy atom. The van der Waals surface area contributed by atoms with Crippen molar-refractivity contribution in [1.29, 1.82) is 0 Å². The van der Waals surface area contributed by atoms with E-state index in [0.717, 1.165) is 24.4 Å². The molecule has 5 rings (SSSR count). The Kier molecular flexibility index (Phi) is 5.81. The fourth-order valence-electron chi connectivity index (χ4n) is 3.65. The second-order valence-electron chi connectivity index (χ2n) is 8.17. The standard InChI is InChI=1S/C24H22F2N6O2/c1-32(2)12-17-13-33-22-9-15(3-4-21(22)34-17)30-24-27-6-5-23(31-24)29-16-7-14-8-18(25)19(26)10-20(14)28-11-16/h3-11,17H,12-13H2,1-2H3,(H2,27,29,30,31). The summed E-state index contributed by atoms with van der Waals surface area (Å²) in [5.74, 6) is 0.368. The van der Waals surface area contributed by atoms with Gasteiger partial charge in [0, 0.05) is 35.9 Å². The Morgan fingerprint density at radius 2 is 1.82 bits per heavy atom. The molecule has 10 heteroatoms. The van der Waals surface area contributed by atoms with Gasteiger partial charge in [0.15, 0.2) is 23.1 Å². The highest BCUT2D eigenvalue weighted by Gasteiger charge is 2.22. The molecule has 1 aliphatic rings. The molecule has 0 saturated carbocycles. The molecule has 0 fully saturated rings. The van der Waals surface area contributed by atoms with Gasteiger partial charge in [-0.2, -0.15) is 4.98 Å². The third-order valence-electron chi connectivity index (χ3n) is 5.14. The van der Waals surface area contributed by atoms with Crippen molar-refractivity contribution in [2.45, 2.75) is 6.10 Å². The van der Waals surface area contributed by atoms with Crippen LogP contribution in [0.4, 0.5) is 31.9 Å². The second-order valence-corrected chi connectivity index (χ2v) is 8.17. The number of hydrogen-bond acceptors (Lipinski definition) is 8. The Bertz CT molecular complexity index is 1350. The summed E-state index contributed by atoms with van der Waals surface area (Å²) in [5.41, 5.74) is 1.69. The molecule has 174 valence electrons. The van der Waals surface area contributed by atoms with Crippen LogP contribution in [0.5, 0.6) is 11.5 Å². The zero-order valence-corrected chi connectivity index (χ0v) is 18.5. The van der Waals surface area contributed by atoms with E-state index >= 15 is 0 Å². The molecule has 0 spiro atoms. The van der Waals surface area contributed by atoms with Crippen molar-refractivity contribution in [1.82, 2.24) is 19.9 Å². The smallest absolute Gasteiger partial charge is 0.229 e. The largest absolute Gasteiger partial charge is 0.486 e. The molecule has 2 aromatic heterocycles. The van der Waals surface area contributed by atoms with E-state index in [9.17, 15) is 8.78 Å². The molecular formula is C24H22F2N6O2. The highest BCUT2D eigenvalue weighted by atomic mass is 19.2. The van der Waals surface area contributed by atoms with Gasteiger partial charge in [0.2, 0.25) is 5.95 Å². The average Bonchev–Trinajstić information content (AvgIpc) is 2.80. The lowest BCUT2D eigenvalue weighted by molar-refractivity contribution is 0.0711. The monoisotopic (exact) mass is 464 g/mol. The van der Waals surface area contributed by atoms with Gasteiger partial charge >= 0.3 is 0 Å². The number of nitrogens with one attached hydrogen (secondary N) is 2. The van der Waals surface area contributed by atoms with Crippen molar-refractivity contribution in [3.8, 4) is 11.5 Å². The minimum atomic E-state index is -0.931. The lowest BCUT2D eigenvalue weighted by Crippen LogP contribution is -2.37. The van der Waals surface area contributed by atoms with Crippen molar-refractivity contribution >= 4 is 34.0 Å². The van der Waals surface area contributed by atoms with Gasteiger partial charge in [-0.15, -0.1) is 0 Å². The maximum atomic E-state index is 13.6. The second kappa shape index (κ2) is 9.06. The number of pyridine rings is 1. The molecule has 0 bridgehead atoms. The molecule has 1 unspecified atom stereocenters. The van der Waals surface area contributed by atoms with Crippen LogP contribution in [0.3, 0.4) is 0 Å². The van der Waals surface area contributed by atoms with Crippen LogP contribution in [0, 0.1) is 11.6 Å². The van der Waals surface area contributed by atoms with Gasteiger partial charge in [-0.3, -0.25) is 4.98 Å². The topological polar surface area (TPSA) is 84.4 Å². The third-order valence-corrected chi connectivity index (χ3v) is 5.14. The van der Waals surface area contributed by atoms with Gasteiger partial charge < -0.3 is 25.0 Å². The van der Waals surface area contributed by atoms with Crippen LogP contribution in [0.1, 0.15) is 0 Å². The molecular weight excluding hydrogens is 442 g/mol. The van der Waals surface area contributed by atoms with E-state index in [2.05, 4.69) is 30.5 Å². The quantitative estimate of drug-likeness (QED) is 0.432. The summed E-state index contributed by atoms with van der Waals surface area (Å²) in [6.45, 7) is 1.24. The van der Waals surface area contributed by atoms with Crippen LogP contribution in [-0.4, -0.2) is 53.2 Å². The normalized spacial score (nSPS) is 14.9. The van der Waals surface area contributed by atoms with E-state index in [1.807, 2.05) is 32.3 Å². The molecule has 1 atom stereocenters. The minimum absolute atomic E-state index is 0.0208. The van der Waals surface area contributed by atoms with Gasteiger partial charge in [0.1, 0.15) is 18.5 Å². The number of nitrogens with zero attached hydrogens (tertiary/aromatic N) is 4. The van der Waals surface area contributed by atoms with Crippen molar-refractivity contribution < 1.29 is 18.3 Å². The molecule has 2 N–H and O–H groups in total. The molecule has 4 aromatic rings. The first kappa shape index (κ1) is 21.8. The number of benzene rings is 2. The van der Waals surface area contributed by atoms with Crippen molar-refractivity contribution in [3.63, 3.8) is 0 Å². The minimum Gasteiger partial charge on any atom is -0.486 e. The summed E-state index contributed by atoms with van der Waals surface area (Å²) >= 11 is 0. The predicted octanol–water partition coefficient (Wildman–Crippen LogP) is 4.49. The first-order valence-corrected chi connectivity index (χ1v) is 10.6. The molecule has 0 radical (unpaired) electrons. The summed E-state index contributed by atoms with van der Waals surface area (Å²) in [5, 5.41) is 6.73. The van der Waals surface area contributed by atoms with E-state index in [0.29, 0.717) is 46.5 Å². The third kappa shape index (κ3) is 4.81. The maximum Gasteiger partial charge on any atom is 0.229 e. The number of aromatic nitrogens is 3. The zero-order valence-electron chi connectivity index (χ0n) is 18.5. The van der Waals surface area contributed by atoms with Gasteiger partial charge in [0.05, 0.1) is 17.4 Å². The first-order valence-electron chi connectivity index (χ1n) is 10.6. The van der Waals surface area contributed by atoms with Crippen LogP contribution in [0.25, 0.3) is 10.9 Å². The highest BCUT2D eigenvalue weighted by Crippen LogP contribution is 2.35. The molecule has 1 aliphatic heterocycles. The predicted molar refractivity (Wildman–Crippen MR) is 125 cm³/mol. The maximum absolute atomic E-state index is 13.6. The SMILES string of the molecule is CN(C)CC1COc2cc(Nc3nccc(Nc4cnc5cc(F)c(F)cc5c4)n3)ccc2O1. The molecule has 3 heterocycles. The van der Waals surface area contributed by atoms with Crippen molar-refractivity contribution in [2.75, 3.05) is 37.9 Å². The lowest BCUT2D eigenvalue weighted by Gasteiger charge is -2.28. The van der Waals surface area contributed by atoms with Crippen molar-refractivity contribution in [3.05, 3.63) is 66.5 Å². The van der Waals surface area contributed by atoms with Gasteiger partial charge in [-0.25, -0.2) is 13.8 Å². The Morgan fingerprint density at radius 3 is 2.68 bits per heavy atom. The lowest BCUT2D eigenvalue weighted by atomic mass is 10.2. The Hall–Kier alpha value is -4.05. The van der Waals surface area contributed by atoms with E-state index in [1.165, 1.54) is 6.20 Å². The molecule has 2 aromatic carbocycles. The average molecular weight is 464 g/mol. The summed E-state index contributed by atoms with van der Waals surface area (Å²) in [4.78, 5) is 14.9. The summed E-state index contributed by atoms with van der Waals surface area (Å²) < 4.78 is 38.8. The van der Waals surface area contributed by atoms with Gasteiger partial charge in [-0.1, -0.05) is 0 Å². The number of fused-ring (bicyclic) bond motifs is 2. The summed E-state index contributed by atoms with van der Waals surface area (Å²) in [6.07, 6.45) is 3.11. The molecule has 8 nitrogen and oxygen atoms in total. The van der Waals surface area contributed by atoms with Crippen LogP contribution in [0.15, 0.2) is 54.9 Å². The fraction of sp³-hybridized carbons (Fsp3) is 0.208. The fourth-order valence-corrected chi connectivity index (χ4v) is 3.65. The van der Waals surface area contributed by atoms with Crippen LogP contribution >= 0.6 is 0 Å². The van der Waals surface area contributed by atoms with E-state index in [4.69, 9.17) is 9.47 Å². The Labute approximate surface area is 194 Å². The van der Waals surface area contributed by atoms with E-state index in [-0.39, 0.29) is 6.10 Å². The summed E-state index contributed by atoms with van der Waals surface area (Å²) in [7, 11) is 3.98. The number of likely N-dealkylation sites (N-methyl/N-ethyl adjacent to an activating group) is 1. The van der Waals surface area contributed by atoms with Gasteiger partial charge in [0.25, 0.3) is 0 Å². The molecule has 0 amide bonds. The Balaban J connectivity index is 1.29. The molecule has 0 saturated heterocycles. The molecule has 34 heavy (non-hydrogen) atoms. The summed E-state index contributed by atoms with van der Waals surface area (Å²) in [6, 6.07) is 11.1. The number of halogens is 2. The number of ether oxygens (including phenoxy) is 2. The number of rotatable bonds is 6. The molecule has 0 aliphatic carbocycles. The number of anilines is 4. The highest BCUT2D eigenvalue weighted by molar-refractivity contribution is 5.82. The first-order chi connectivity index (χ1) is 16.4. The number of hydrogen-bond donors (Lipinski definition) is 2. The van der Waals surface area contributed by atoms with Crippen LogP contribution in [0.2, 0.25) is 0 Å². The van der Waals surface area contributed by atoms with E-state index < -0.39 is 11.6 Å².